The molecule has 1 aliphatic heterocycles. The van der Waals surface area contributed by atoms with Crippen molar-refractivity contribution in [2.45, 2.75) is 33.1 Å². The molecule has 3 nitrogen and oxygen atoms in total. The Hall–Kier alpha value is -1.06. The fourth-order valence-corrected chi connectivity index (χ4v) is 3.27. The molecule has 1 fully saturated rings. The third-order valence-corrected chi connectivity index (χ3v) is 4.17. The highest BCUT2D eigenvalue weighted by molar-refractivity contribution is 6.31. The predicted octanol–water partition coefficient (Wildman–Crippen LogP) is 3.50. The van der Waals surface area contributed by atoms with Gasteiger partial charge in [0.25, 0.3) is 5.91 Å². The molecule has 21 heavy (non-hydrogen) atoms. The van der Waals surface area contributed by atoms with Gasteiger partial charge in [0.05, 0.1) is 0 Å². The summed E-state index contributed by atoms with van der Waals surface area (Å²) < 4.78 is 0. The molecule has 1 N–H and O–H groups in total. The van der Waals surface area contributed by atoms with Gasteiger partial charge in [-0.2, -0.15) is 0 Å². The minimum Gasteiger partial charge on any atom is -0.338 e. The van der Waals surface area contributed by atoms with Crippen LogP contribution >= 0.6 is 11.6 Å². The maximum absolute atomic E-state index is 12.8. The van der Waals surface area contributed by atoms with Gasteiger partial charge >= 0.3 is 0 Å². The summed E-state index contributed by atoms with van der Waals surface area (Å²) in [6, 6.07) is 5.59. The lowest BCUT2D eigenvalue weighted by Gasteiger charge is -2.30. The highest BCUT2D eigenvalue weighted by atomic mass is 35.5. The number of aryl methyl sites for hydroxylation is 1. The Balaban J connectivity index is 2.10. The summed E-state index contributed by atoms with van der Waals surface area (Å²) in [4.78, 5) is 14.7. The number of halogens is 1. The summed E-state index contributed by atoms with van der Waals surface area (Å²) in [7, 11) is 0. The Bertz CT molecular complexity index is 463. The molecule has 1 aromatic carbocycles. The zero-order valence-corrected chi connectivity index (χ0v) is 13.7. The fourth-order valence-electron chi connectivity index (χ4n) is 2.98. The molecule has 1 heterocycles. The van der Waals surface area contributed by atoms with Crippen LogP contribution in [0.3, 0.4) is 0 Å². The average Bonchev–Trinajstić information content (AvgIpc) is 2.46. The van der Waals surface area contributed by atoms with E-state index in [-0.39, 0.29) is 5.91 Å². The second-order valence-corrected chi connectivity index (χ2v) is 6.42. The lowest BCUT2D eigenvalue weighted by Crippen LogP contribution is -2.41. The molecule has 0 bridgehead atoms. The minimum absolute atomic E-state index is 0.105. The van der Waals surface area contributed by atoms with Crippen molar-refractivity contribution < 1.29 is 4.79 Å². The lowest BCUT2D eigenvalue weighted by molar-refractivity contribution is 0.0718. The third kappa shape index (κ3) is 4.72. The first-order valence-electron chi connectivity index (χ1n) is 7.87. The molecule has 0 radical (unpaired) electrons. The van der Waals surface area contributed by atoms with E-state index >= 15 is 0 Å². The normalized spacial score (nSPS) is 18.5. The van der Waals surface area contributed by atoms with Crippen molar-refractivity contribution in [3.05, 3.63) is 34.3 Å². The van der Waals surface area contributed by atoms with E-state index in [1.807, 2.05) is 24.0 Å². The molecule has 116 valence electrons. The molecule has 2 rings (SSSR count). The third-order valence-electron chi connectivity index (χ3n) is 3.95. The monoisotopic (exact) mass is 308 g/mol. The van der Waals surface area contributed by atoms with Crippen LogP contribution in [0.2, 0.25) is 5.02 Å². The van der Waals surface area contributed by atoms with Crippen molar-refractivity contribution in [3.8, 4) is 0 Å². The van der Waals surface area contributed by atoms with Gasteiger partial charge in [0.15, 0.2) is 0 Å². The van der Waals surface area contributed by atoms with Crippen LogP contribution in [0.5, 0.6) is 0 Å². The van der Waals surface area contributed by atoms with Gasteiger partial charge in [0.2, 0.25) is 0 Å². The van der Waals surface area contributed by atoms with Gasteiger partial charge in [-0.15, -0.1) is 0 Å². The summed E-state index contributed by atoms with van der Waals surface area (Å²) in [5.74, 6) is 0.669. The first-order valence-corrected chi connectivity index (χ1v) is 8.25. The second-order valence-electron chi connectivity index (χ2n) is 5.98. The van der Waals surface area contributed by atoms with Crippen LogP contribution in [0.1, 0.15) is 42.1 Å². The Morgan fingerprint density at radius 1 is 1.43 bits per heavy atom. The summed E-state index contributed by atoms with van der Waals surface area (Å²) in [5, 5.41) is 4.05. The molecule has 4 heteroatoms. The van der Waals surface area contributed by atoms with Crippen molar-refractivity contribution >= 4 is 17.5 Å². The Labute approximate surface area is 132 Å². The topological polar surface area (TPSA) is 32.3 Å². The fraction of sp³-hybridized carbons (Fsp3) is 0.588. The van der Waals surface area contributed by atoms with Gasteiger partial charge in [-0.05, 0) is 69.0 Å². The maximum Gasteiger partial charge on any atom is 0.253 e. The van der Waals surface area contributed by atoms with Gasteiger partial charge in [-0.3, -0.25) is 4.79 Å². The summed E-state index contributed by atoms with van der Waals surface area (Å²) >= 11 is 6.09. The zero-order valence-electron chi connectivity index (χ0n) is 13.0. The number of rotatable bonds is 5. The van der Waals surface area contributed by atoms with Gasteiger partial charge in [-0.1, -0.05) is 18.5 Å². The largest absolute Gasteiger partial charge is 0.338 e. The summed E-state index contributed by atoms with van der Waals surface area (Å²) in [6.45, 7) is 7.85. The molecule has 1 aromatic rings. The number of amides is 1. The molecule has 1 atom stereocenters. The van der Waals surface area contributed by atoms with E-state index in [1.54, 1.807) is 6.07 Å². The summed E-state index contributed by atoms with van der Waals surface area (Å²) in [6.07, 6.45) is 3.38. The van der Waals surface area contributed by atoms with Crippen molar-refractivity contribution in [1.82, 2.24) is 10.2 Å². The van der Waals surface area contributed by atoms with Crippen molar-refractivity contribution in [2.24, 2.45) is 5.92 Å². The Morgan fingerprint density at radius 3 is 2.86 bits per heavy atom. The van der Waals surface area contributed by atoms with Crippen molar-refractivity contribution in [1.29, 1.82) is 0 Å². The van der Waals surface area contributed by atoms with Gasteiger partial charge in [0, 0.05) is 23.7 Å². The average molecular weight is 309 g/mol. The highest BCUT2D eigenvalue weighted by Crippen LogP contribution is 2.18. The number of carbonyl (C=O) groups is 1. The Kier molecular flexibility index (Phi) is 6.07. The van der Waals surface area contributed by atoms with E-state index in [0.717, 1.165) is 38.2 Å². The molecular formula is C17H25ClN2O. The number of nitrogens with one attached hydrogen (secondary N) is 1. The predicted molar refractivity (Wildman–Crippen MR) is 88.0 cm³/mol. The molecule has 0 spiro atoms. The molecule has 0 aromatic heterocycles. The van der Waals surface area contributed by atoms with Crippen LogP contribution < -0.4 is 5.32 Å². The molecule has 1 amide bonds. The number of hydrogen-bond donors (Lipinski definition) is 1. The lowest BCUT2D eigenvalue weighted by atomic mass is 9.98. The number of piperidine rings is 1. The van der Waals surface area contributed by atoms with E-state index in [2.05, 4.69) is 12.2 Å². The van der Waals surface area contributed by atoms with Crippen LogP contribution in [-0.4, -0.2) is 37.0 Å². The summed E-state index contributed by atoms with van der Waals surface area (Å²) in [5.41, 5.74) is 1.74. The van der Waals surface area contributed by atoms with Gasteiger partial charge in [-0.25, -0.2) is 0 Å². The van der Waals surface area contributed by atoms with E-state index in [0.29, 0.717) is 16.5 Å². The zero-order chi connectivity index (χ0) is 15.2. The molecule has 1 saturated heterocycles. The second kappa shape index (κ2) is 7.81. The quantitative estimate of drug-likeness (QED) is 0.903. The first-order chi connectivity index (χ1) is 10.1. The van der Waals surface area contributed by atoms with Crippen LogP contribution in [0, 0.1) is 12.8 Å². The smallest absolute Gasteiger partial charge is 0.253 e. The van der Waals surface area contributed by atoms with Crippen LogP contribution in [0.4, 0.5) is 0 Å². The number of hydrogen-bond acceptors (Lipinski definition) is 2. The van der Waals surface area contributed by atoms with Gasteiger partial charge in [0.1, 0.15) is 0 Å². The minimum atomic E-state index is 0.105. The van der Waals surface area contributed by atoms with E-state index in [9.17, 15) is 4.79 Å². The standard InChI is InChI=1S/C17H25ClN2O/c1-3-7-20(12-14-5-4-6-19-11-14)17(21)15-8-13(2)9-16(18)10-15/h8-10,14,19H,3-7,11-12H2,1-2H3. The number of carbonyl (C=O) groups excluding carboxylic acids is 1. The number of nitrogens with zero attached hydrogens (tertiary/aromatic N) is 1. The number of benzene rings is 1. The van der Waals surface area contributed by atoms with Gasteiger partial charge < -0.3 is 10.2 Å². The molecule has 0 saturated carbocycles. The van der Waals surface area contributed by atoms with E-state index in [1.165, 1.54) is 12.8 Å². The molecule has 1 unspecified atom stereocenters. The Morgan fingerprint density at radius 2 is 2.24 bits per heavy atom. The molecular weight excluding hydrogens is 284 g/mol. The highest BCUT2D eigenvalue weighted by Gasteiger charge is 2.21. The van der Waals surface area contributed by atoms with Crippen LogP contribution in [0.25, 0.3) is 0 Å². The van der Waals surface area contributed by atoms with Crippen molar-refractivity contribution in [3.63, 3.8) is 0 Å². The SMILES string of the molecule is CCCN(CC1CCCNC1)C(=O)c1cc(C)cc(Cl)c1. The molecule has 0 aliphatic carbocycles. The van der Waals surface area contributed by atoms with E-state index < -0.39 is 0 Å². The van der Waals surface area contributed by atoms with Crippen molar-refractivity contribution in [2.75, 3.05) is 26.2 Å². The van der Waals surface area contributed by atoms with Crippen LogP contribution in [-0.2, 0) is 0 Å². The first kappa shape index (κ1) is 16.3. The van der Waals surface area contributed by atoms with Crippen LogP contribution in [0.15, 0.2) is 18.2 Å². The molecule has 1 aliphatic rings. The maximum atomic E-state index is 12.8. The van der Waals surface area contributed by atoms with E-state index in [4.69, 9.17) is 11.6 Å².